The summed E-state index contributed by atoms with van der Waals surface area (Å²) in [7, 11) is 1.64. The molecule has 2 rings (SSSR count). The van der Waals surface area contributed by atoms with Crippen LogP contribution >= 0.6 is 0 Å². The Morgan fingerprint density at radius 1 is 1.10 bits per heavy atom. The molecule has 0 atom stereocenters. The second-order valence-corrected chi connectivity index (χ2v) is 4.41. The second kappa shape index (κ2) is 7.45. The maximum Gasteiger partial charge on any atom is 0.158 e. The van der Waals surface area contributed by atoms with Crippen molar-refractivity contribution in [2.75, 3.05) is 24.3 Å². The van der Waals surface area contributed by atoms with E-state index < -0.39 is 0 Å². The van der Waals surface area contributed by atoms with Crippen LogP contribution in [-0.4, -0.2) is 23.6 Å². The first-order valence-corrected chi connectivity index (χ1v) is 6.74. The summed E-state index contributed by atoms with van der Waals surface area (Å²) >= 11 is 0. The van der Waals surface area contributed by atoms with E-state index in [-0.39, 0.29) is 0 Å². The van der Waals surface area contributed by atoms with Gasteiger partial charge < -0.3 is 15.4 Å². The maximum atomic E-state index is 5.11. The van der Waals surface area contributed by atoms with Crippen LogP contribution in [0.3, 0.4) is 0 Å². The fourth-order valence-electron chi connectivity index (χ4n) is 1.77. The Hall–Kier alpha value is -2.14. The van der Waals surface area contributed by atoms with Crippen molar-refractivity contribution in [3.63, 3.8) is 0 Å². The second-order valence-electron chi connectivity index (χ2n) is 4.41. The SMILES string of the molecule is CCCNc1cc(Nc2ccccc2)nc(COC)n1. The summed E-state index contributed by atoms with van der Waals surface area (Å²) < 4.78 is 5.11. The van der Waals surface area contributed by atoms with E-state index in [1.807, 2.05) is 36.4 Å². The summed E-state index contributed by atoms with van der Waals surface area (Å²) in [6, 6.07) is 11.8. The minimum absolute atomic E-state index is 0.394. The van der Waals surface area contributed by atoms with Crippen LogP contribution in [-0.2, 0) is 11.3 Å². The lowest BCUT2D eigenvalue weighted by Crippen LogP contribution is -2.07. The molecule has 0 saturated heterocycles. The first-order chi connectivity index (χ1) is 9.81. The predicted molar refractivity (Wildman–Crippen MR) is 81.3 cm³/mol. The molecule has 5 nitrogen and oxygen atoms in total. The molecule has 0 aliphatic heterocycles. The van der Waals surface area contributed by atoms with Gasteiger partial charge in [-0.15, -0.1) is 0 Å². The molecule has 0 bridgehead atoms. The summed E-state index contributed by atoms with van der Waals surface area (Å²) in [5, 5.41) is 6.55. The number of nitrogens with zero attached hydrogens (tertiary/aromatic N) is 2. The Kier molecular flexibility index (Phi) is 5.32. The summed E-state index contributed by atoms with van der Waals surface area (Å²) in [5.74, 6) is 2.23. The number of anilines is 3. The van der Waals surface area contributed by atoms with Gasteiger partial charge in [-0.05, 0) is 18.6 Å². The summed E-state index contributed by atoms with van der Waals surface area (Å²) in [4.78, 5) is 8.85. The zero-order chi connectivity index (χ0) is 14.2. The predicted octanol–water partition coefficient (Wildman–Crippen LogP) is 3.19. The quantitative estimate of drug-likeness (QED) is 0.810. The fourth-order valence-corrected chi connectivity index (χ4v) is 1.77. The number of rotatable bonds is 7. The Morgan fingerprint density at radius 3 is 2.55 bits per heavy atom. The summed E-state index contributed by atoms with van der Waals surface area (Å²) in [6.45, 7) is 3.40. The lowest BCUT2D eigenvalue weighted by molar-refractivity contribution is 0.178. The molecule has 5 heteroatoms. The Balaban J connectivity index is 2.19. The van der Waals surface area contributed by atoms with Crippen molar-refractivity contribution >= 4 is 17.3 Å². The molecular weight excluding hydrogens is 252 g/mol. The van der Waals surface area contributed by atoms with Gasteiger partial charge in [0.15, 0.2) is 5.82 Å². The Bertz CT molecular complexity index is 531. The average Bonchev–Trinajstić information content (AvgIpc) is 2.46. The third kappa shape index (κ3) is 4.20. The van der Waals surface area contributed by atoms with Gasteiger partial charge in [0.05, 0.1) is 0 Å². The third-order valence-corrected chi connectivity index (χ3v) is 2.65. The molecule has 1 aromatic carbocycles. The van der Waals surface area contributed by atoms with E-state index in [4.69, 9.17) is 4.74 Å². The van der Waals surface area contributed by atoms with Crippen molar-refractivity contribution in [1.82, 2.24) is 9.97 Å². The normalized spacial score (nSPS) is 10.3. The first-order valence-electron chi connectivity index (χ1n) is 6.74. The molecule has 0 fully saturated rings. The number of aromatic nitrogens is 2. The minimum Gasteiger partial charge on any atom is -0.377 e. The third-order valence-electron chi connectivity index (χ3n) is 2.65. The van der Waals surface area contributed by atoms with Gasteiger partial charge in [-0.2, -0.15) is 0 Å². The van der Waals surface area contributed by atoms with Crippen LogP contribution in [0.1, 0.15) is 19.2 Å². The largest absolute Gasteiger partial charge is 0.377 e. The molecule has 0 unspecified atom stereocenters. The molecule has 20 heavy (non-hydrogen) atoms. The molecule has 0 amide bonds. The van der Waals surface area contributed by atoms with Crippen LogP contribution in [0.15, 0.2) is 36.4 Å². The van der Waals surface area contributed by atoms with Gasteiger partial charge >= 0.3 is 0 Å². The number of para-hydroxylation sites is 1. The molecule has 2 N–H and O–H groups in total. The first kappa shape index (κ1) is 14.3. The van der Waals surface area contributed by atoms with Crippen molar-refractivity contribution in [3.05, 3.63) is 42.2 Å². The standard InChI is InChI=1S/C15H20N4O/c1-3-9-16-13-10-14(19-15(18-13)11-20-2)17-12-7-5-4-6-8-12/h4-8,10H,3,9,11H2,1-2H3,(H2,16,17,18,19). The fraction of sp³-hybridized carbons (Fsp3) is 0.333. The highest BCUT2D eigenvalue weighted by Gasteiger charge is 2.04. The molecule has 1 aromatic heterocycles. The maximum absolute atomic E-state index is 5.11. The van der Waals surface area contributed by atoms with Gasteiger partial charge in [0, 0.05) is 25.4 Å². The topological polar surface area (TPSA) is 59.1 Å². The lowest BCUT2D eigenvalue weighted by Gasteiger charge is -2.10. The highest BCUT2D eigenvalue weighted by Crippen LogP contribution is 2.17. The number of benzene rings is 1. The number of methoxy groups -OCH3 is 1. The number of nitrogens with one attached hydrogen (secondary N) is 2. The van der Waals surface area contributed by atoms with Crippen LogP contribution in [0.2, 0.25) is 0 Å². The van der Waals surface area contributed by atoms with Crippen LogP contribution in [0, 0.1) is 0 Å². The van der Waals surface area contributed by atoms with E-state index >= 15 is 0 Å². The van der Waals surface area contributed by atoms with Crippen LogP contribution in [0.25, 0.3) is 0 Å². The lowest BCUT2D eigenvalue weighted by atomic mass is 10.3. The average molecular weight is 272 g/mol. The van der Waals surface area contributed by atoms with Crippen molar-refractivity contribution in [3.8, 4) is 0 Å². The van der Waals surface area contributed by atoms with Crippen molar-refractivity contribution in [1.29, 1.82) is 0 Å². The van der Waals surface area contributed by atoms with Crippen molar-refractivity contribution < 1.29 is 4.74 Å². The highest BCUT2D eigenvalue weighted by molar-refractivity contribution is 5.58. The molecule has 0 aliphatic carbocycles. The van der Waals surface area contributed by atoms with Crippen LogP contribution < -0.4 is 10.6 Å². The number of ether oxygens (including phenoxy) is 1. The van der Waals surface area contributed by atoms with Gasteiger partial charge in [-0.1, -0.05) is 25.1 Å². The molecule has 0 spiro atoms. The summed E-state index contributed by atoms with van der Waals surface area (Å²) in [6.07, 6.45) is 1.05. The van der Waals surface area contributed by atoms with Gasteiger partial charge in [-0.3, -0.25) is 0 Å². The number of hydrogen-bond acceptors (Lipinski definition) is 5. The Labute approximate surface area is 119 Å². The van der Waals surface area contributed by atoms with Gasteiger partial charge in [0.1, 0.15) is 18.2 Å². The van der Waals surface area contributed by atoms with E-state index in [1.165, 1.54) is 0 Å². The zero-order valence-corrected chi connectivity index (χ0v) is 11.9. The minimum atomic E-state index is 0.394. The van der Waals surface area contributed by atoms with E-state index in [2.05, 4.69) is 27.5 Å². The smallest absolute Gasteiger partial charge is 0.158 e. The molecule has 0 aliphatic rings. The van der Waals surface area contributed by atoms with E-state index in [0.29, 0.717) is 12.4 Å². The molecule has 0 saturated carbocycles. The van der Waals surface area contributed by atoms with Crippen molar-refractivity contribution in [2.45, 2.75) is 20.0 Å². The van der Waals surface area contributed by atoms with E-state index in [0.717, 1.165) is 30.3 Å². The van der Waals surface area contributed by atoms with E-state index in [1.54, 1.807) is 7.11 Å². The van der Waals surface area contributed by atoms with Crippen molar-refractivity contribution in [2.24, 2.45) is 0 Å². The monoisotopic (exact) mass is 272 g/mol. The van der Waals surface area contributed by atoms with Crippen LogP contribution in [0.5, 0.6) is 0 Å². The Morgan fingerprint density at radius 2 is 1.85 bits per heavy atom. The molecule has 0 radical (unpaired) electrons. The molecule has 2 aromatic rings. The molecular formula is C15H20N4O. The summed E-state index contributed by atoms with van der Waals surface area (Å²) in [5.41, 5.74) is 0.996. The molecule has 1 heterocycles. The van der Waals surface area contributed by atoms with E-state index in [9.17, 15) is 0 Å². The van der Waals surface area contributed by atoms with Crippen LogP contribution in [0.4, 0.5) is 17.3 Å². The molecule has 106 valence electrons. The van der Waals surface area contributed by atoms with Gasteiger partial charge in [0.25, 0.3) is 0 Å². The highest BCUT2D eigenvalue weighted by atomic mass is 16.5. The zero-order valence-electron chi connectivity index (χ0n) is 11.9. The van der Waals surface area contributed by atoms with Gasteiger partial charge in [-0.25, -0.2) is 9.97 Å². The number of hydrogen-bond donors (Lipinski definition) is 2. The van der Waals surface area contributed by atoms with Gasteiger partial charge in [0.2, 0.25) is 0 Å².